The average molecular weight is 804 g/mol. The van der Waals surface area contributed by atoms with Gasteiger partial charge in [-0.15, -0.1) is 0 Å². The van der Waals surface area contributed by atoms with Crippen LogP contribution in [0.15, 0.2) is 115 Å². The zero-order valence-electron chi connectivity index (χ0n) is 30.1. The van der Waals surface area contributed by atoms with Gasteiger partial charge in [-0.05, 0) is 83.6 Å². The molecule has 2 N–H and O–H groups in total. The monoisotopic (exact) mass is 802 g/mol. The summed E-state index contributed by atoms with van der Waals surface area (Å²) in [5.41, 5.74) is 3.08. The molecule has 5 aromatic rings. The molecule has 0 spiro atoms. The molecule has 2 heterocycles. The van der Waals surface area contributed by atoms with Crippen LogP contribution in [0.5, 0.6) is 11.5 Å². The van der Waals surface area contributed by atoms with Gasteiger partial charge in [-0.2, -0.15) is 5.01 Å². The number of phenols is 1. The summed E-state index contributed by atoms with van der Waals surface area (Å²) in [4.78, 5) is 71.4. The maximum absolute atomic E-state index is 15.6. The van der Waals surface area contributed by atoms with Crippen molar-refractivity contribution >= 4 is 74.7 Å². The minimum Gasteiger partial charge on any atom is -0.508 e. The van der Waals surface area contributed by atoms with Crippen LogP contribution in [0.2, 0.25) is 10.0 Å². The number of nitrogens with one attached hydrogen (secondary N) is 1. The number of phenolic OH excluding ortho intramolecular Hbond substituents is 1. The highest BCUT2D eigenvalue weighted by molar-refractivity contribution is 6.36. The number of nitro benzene ring substituents is 1. The van der Waals surface area contributed by atoms with Crippen molar-refractivity contribution in [3.05, 3.63) is 146 Å². The Labute approximate surface area is 335 Å². The predicted octanol–water partition coefficient (Wildman–Crippen LogP) is 7.96. The average Bonchev–Trinajstić information content (AvgIpc) is 3.59. The Bertz CT molecular complexity index is 2600. The number of ether oxygens (including phenoxy) is 1. The van der Waals surface area contributed by atoms with Crippen molar-refractivity contribution in [3.8, 4) is 11.5 Å². The molecule has 0 aromatic heterocycles. The van der Waals surface area contributed by atoms with Gasteiger partial charge in [0, 0.05) is 28.6 Å². The fourth-order valence-electron chi connectivity index (χ4n) is 9.72. The molecule has 0 radical (unpaired) electrons. The lowest BCUT2D eigenvalue weighted by atomic mass is 9.48. The number of hydrazine groups is 1. The predicted molar refractivity (Wildman–Crippen MR) is 212 cm³/mol. The highest BCUT2D eigenvalue weighted by Gasteiger charge is 2.71. The third-order valence-electron chi connectivity index (χ3n) is 12.1. The number of hydrogen-bond acceptors (Lipinski definition) is 9. The number of anilines is 2. The van der Waals surface area contributed by atoms with Gasteiger partial charge in [-0.25, -0.2) is 0 Å². The molecule has 6 unspecified atom stereocenters. The van der Waals surface area contributed by atoms with E-state index in [4.69, 9.17) is 27.9 Å². The van der Waals surface area contributed by atoms with E-state index in [-0.39, 0.29) is 40.7 Å². The van der Waals surface area contributed by atoms with Crippen LogP contribution in [0.25, 0.3) is 10.8 Å². The normalized spacial score (nSPS) is 25.2. The zero-order valence-corrected chi connectivity index (χ0v) is 31.6. The summed E-state index contributed by atoms with van der Waals surface area (Å²) in [6, 6.07) is 27.5. The van der Waals surface area contributed by atoms with Crippen LogP contribution in [0, 0.1) is 33.8 Å². The number of benzene rings is 5. The Hall–Kier alpha value is -6.24. The Morgan fingerprint density at radius 3 is 2.32 bits per heavy atom. The van der Waals surface area contributed by atoms with Crippen molar-refractivity contribution in [2.75, 3.05) is 17.4 Å². The number of allylic oxidation sites excluding steroid dienone is 2. The van der Waals surface area contributed by atoms with Crippen LogP contribution in [0.4, 0.5) is 17.1 Å². The number of rotatable bonds is 7. The van der Waals surface area contributed by atoms with Gasteiger partial charge in [0.05, 0.1) is 51.6 Å². The summed E-state index contributed by atoms with van der Waals surface area (Å²) >= 11 is 12.8. The number of carbonyl (C=O) groups is 4. The first-order chi connectivity index (χ1) is 27.4. The molecular formula is C43H32Cl2N4O8. The fraction of sp³-hybridized carbons (Fsp3) is 0.209. The Balaban J connectivity index is 1.27. The van der Waals surface area contributed by atoms with Crippen LogP contribution >= 0.6 is 23.2 Å². The second-order valence-corrected chi connectivity index (χ2v) is 15.6. The van der Waals surface area contributed by atoms with Crippen molar-refractivity contribution in [1.29, 1.82) is 0 Å². The lowest BCUT2D eigenvalue weighted by Gasteiger charge is -2.51. The third kappa shape index (κ3) is 5.34. The second-order valence-electron chi connectivity index (χ2n) is 14.7. The number of carbonyl (C=O) groups excluding carboxylic acids is 4. The van der Waals surface area contributed by atoms with Crippen molar-refractivity contribution in [2.45, 2.75) is 24.2 Å². The molecule has 2 aliphatic carbocycles. The Morgan fingerprint density at radius 2 is 1.61 bits per heavy atom. The van der Waals surface area contributed by atoms with Gasteiger partial charge in [0.2, 0.25) is 11.8 Å². The summed E-state index contributed by atoms with van der Waals surface area (Å²) in [5, 5.41) is 26.3. The van der Waals surface area contributed by atoms with Crippen molar-refractivity contribution < 1.29 is 33.9 Å². The van der Waals surface area contributed by atoms with E-state index in [0.717, 1.165) is 15.3 Å². The largest absolute Gasteiger partial charge is 0.508 e. The topological polar surface area (TPSA) is 159 Å². The molecule has 2 saturated heterocycles. The fourth-order valence-corrected chi connectivity index (χ4v) is 10.2. The molecule has 6 atom stereocenters. The Morgan fingerprint density at radius 1 is 0.877 bits per heavy atom. The molecule has 1 saturated carbocycles. The van der Waals surface area contributed by atoms with Crippen molar-refractivity contribution in [1.82, 2.24) is 5.01 Å². The van der Waals surface area contributed by atoms with Gasteiger partial charge in [-0.3, -0.25) is 39.6 Å². The molecule has 0 bridgehead atoms. The van der Waals surface area contributed by atoms with Gasteiger partial charge in [0.1, 0.15) is 11.5 Å². The lowest BCUT2D eigenvalue weighted by molar-refractivity contribution is -0.384. The standard InChI is InChI=1S/C43H32Cl2N4O8/c1-57-27-14-7-23(8-15-27)43-32(40(52)48(42(43)54)46-34-18-9-24(44)20-33(34)45)21-31-29(38(43)37-28-5-3-2-4-22(28)6-19-35(37)50)16-17-30-36(31)41(53)47(39(30)51)25-10-12-26(13-11-25)49(55)56/h2-16,18-20,30-32,36,38,46,50H,17,21H2,1H3. The number of fused-ring (bicyclic) bond motifs is 5. The summed E-state index contributed by atoms with van der Waals surface area (Å²) < 4.78 is 5.49. The number of aromatic hydroxyl groups is 1. The van der Waals surface area contributed by atoms with Gasteiger partial charge in [-0.1, -0.05) is 77.3 Å². The molecular weight excluding hydrogens is 771 g/mol. The third-order valence-corrected chi connectivity index (χ3v) is 12.7. The molecule has 14 heteroatoms. The van der Waals surface area contributed by atoms with E-state index in [2.05, 4.69) is 5.43 Å². The zero-order chi connectivity index (χ0) is 39.9. The molecule has 3 fully saturated rings. The van der Waals surface area contributed by atoms with Gasteiger partial charge in [0.15, 0.2) is 0 Å². The minimum atomic E-state index is -1.68. The number of methoxy groups -OCH3 is 1. The number of halogens is 2. The number of non-ortho nitro benzene ring substituents is 1. The minimum absolute atomic E-state index is 0.00524. The molecule has 2 aliphatic heterocycles. The van der Waals surface area contributed by atoms with E-state index >= 15 is 9.59 Å². The number of amides is 4. The summed E-state index contributed by atoms with van der Waals surface area (Å²) in [6.45, 7) is 0. The maximum Gasteiger partial charge on any atom is 0.269 e. The van der Waals surface area contributed by atoms with Crippen LogP contribution in [0.1, 0.15) is 29.9 Å². The van der Waals surface area contributed by atoms with E-state index in [1.54, 1.807) is 48.5 Å². The molecule has 5 aromatic carbocycles. The van der Waals surface area contributed by atoms with Crippen LogP contribution < -0.4 is 15.1 Å². The van der Waals surface area contributed by atoms with E-state index in [1.807, 2.05) is 30.3 Å². The first-order valence-electron chi connectivity index (χ1n) is 18.2. The van der Waals surface area contributed by atoms with Gasteiger partial charge in [0.25, 0.3) is 17.5 Å². The smallest absolute Gasteiger partial charge is 0.269 e. The SMILES string of the molecule is COc1ccc(C23C(=O)N(Nc4ccc(Cl)cc4Cl)C(=O)C2CC2C(=CCC4C(=O)N(c5ccc([N+](=O)[O-])cc5)C(=O)C42)C3c2c(O)ccc3ccccc23)cc1. The Kier molecular flexibility index (Phi) is 8.59. The van der Waals surface area contributed by atoms with Crippen LogP contribution in [-0.4, -0.2) is 45.8 Å². The summed E-state index contributed by atoms with van der Waals surface area (Å²) in [5.74, 6) is -6.33. The number of hydrogen-bond donors (Lipinski definition) is 2. The molecule has 12 nitrogen and oxygen atoms in total. The van der Waals surface area contributed by atoms with E-state index < -0.39 is 63.6 Å². The van der Waals surface area contributed by atoms with E-state index in [9.17, 15) is 24.8 Å². The second kappa shape index (κ2) is 13.5. The number of imide groups is 2. The molecule has 9 rings (SSSR count). The van der Waals surface area contributed by atoms with Crippen LogP contribution in [0.3, 0.4) is 0 Å². The van der Waals surface area contributed by atoms with E-state index in [0.29, 0.717) is 32.9 Å². The molecule has 57 heavy (non-hydrogen) atoms. The van der Waals surface area contributed by atoms with Crippen molar-refractivity contribution in [2.24, 2.45) is 23.7 Å². The first-order valence-corrected chi connectivity index (χ1v) is 19.0. The molecule has 4 aliphatic rings. The summed E-state index contributed by atoms with van der Waals surface area (Å²) in [7, 11) is 1.52. The summed E-state index contributed by atoms with van der Waals surface area (Å²) in [6.07, 6.45) is 2.04. The molecule has 4 amide bonds. The first kappa shape index (κ1) is 36.4. The maximum atomic E-state index is 15.6. The number of nitrogens with zero attached hydrogens (tertiary/aromatic N) is 3. The highest BCUT2D eigenvalue weighted by atomic mass is 35.5. The molecule has 286 valence electrons. The quantitative estimate of drug-likeness (QED) is 0.0721. The van der Waals surface area contributed by atoms with Crippen molar-refractivity contribution in [3.63, 3.8) is 0 Å². The van der Waals surface area contributed by atoms with E-state index in [1.165, 1.54) is 37.4 Å². The number of nitro groups is 1. The van der Waals surface area contributed by atoms with Gasteiger partial charge < -0.3 is 9.84 Å². The lowest BCUT2D eigenvalue weighted by Crippen LogP contribution is -2.53. The highest BCUT2D eigenvalue weighted by Crippen LogP contribution is 2.65. The van der Waals surface area contributed by atoms with Crippen LogP contribution in [-0.2, 0) is 24.6 Å². The van der Waals surface area contributed by atoms with Gasteiger partial charge >= 0.3 is 0 Å².